The fourth-order valence-electron chi connectivity index (χ4n) is 2.64. The van der Waals surface area contributed by atoms with E-state index in [9.17, 15) is 4.79 Å². The number of pyridine rings is 1. The average Bonchev–Trinajstić information content (AvgIpc) is 2.66. The molecule has 0 spiro atoms. The Hall–Kier alpha value is -3.14. The van der Waals surface area contributed by atoms with Gasteiger partial charge in [-0.25, -0.2) is 4.98 Å². The number of rotatable bonds is 6. The molecule has 1 heterocycles. The van der Waals surface area contributed by atoms with Gasteiger partial charge in [0.2, 0.25) is 0 Å². The number of aromatic nitrogens is 1. The zero-order valence-electron chi connectivity index (χ0n) is 15.1. The van der Waals surface area contributed by atoms with E-state index >= 15 is 0 Å². The Morgan fingerprint density at radius 3 is 2.46 bits per heavy atom. The molecule has 3 rings (SSSR count). The second-order valence-electron chi connectivity index (χ2n) is 6.35. The van der Waals surface area contributed by atoms with Gasteiger partial charge in [0.1, 0.15) is 5.82 Å². The number of benzene rings is 2. The predicted octanol–water partition coefficient (Wildman–Crippen LogP) is 4.61. The number of carbonyl (C=O) groups is 1. The van der Waals surface area contributed by atoms with Crippen LogP contribution in [0.5, 0.6) is 0 Å². The van der Waals surface area contributed by atoms with Crippen molar-refractivity contribution in [1.29, 1.82) is 0 Å². The lowest BCUT2D eigenvalue weighted by Gasteiger charge is -2.09. The minimum absolute atomic E-state index is 0.148. The Morgan fingerprint density at radius 1 is 0.962 bits per heavy atom. The maximum atomic E-state index is 12.3. The number of anilines is 2. The van der Waals surface area contributed by atoms with Gasteiger partial charge in [0.05, 0.1) is 11.9 Å². The molecule has 132 valence electrons. The van der Waals surface area contributed by atoms with Crippen LogP contribution in [-0.2, 0) is 6.42 Å². The van der Waals surface area contributed by atoms with Crippen molar-refractivity contribution in [2.75, 3.05) is 17.2 Å². The van der Waals surface area contributed by atoms with E-state index in [0.29, 0.717) is 11.4 Å². The van der Waals surface area contributed by atoms with E-state index in [2.05, 4.69) is 27.8 Å². The number of carbonyl (C=O) groups excluding carboxylic acids is 1. The second kappa shape index (κ2) is 8.30. The van der Waals surface area contributed by atoms with Gasteiger partial charge >= 0.3 is 0 Å². The van der Waals surface area contributed by atoms with Crippen LogP contribution in [0.4, 0.5) is 11.5 Å². The molecule has 2 N–H and O–H groups in total. The van der Waals surface area contributed by atoms with Gasteiger partial charge < -0.3 is 10.6 Å². The summed E-state index contributed by atoms with van der Waals surface area (Å²) >= 11 is 0. The van der Waals surface area contributed by atoms with Gasteiger partial charge in [0.15, 0.2) is 0 Å². The maximum Gasteiger partial charge on any atom is 0.256 e. The lowest BCUT2D eigenvalue weighted by atomic mass is 10.1. The van der Waals surface area contributed by atoms with Crippen molar-refractivity contribution in [3.63, 3.8) is 0 Å². The number of hydrogen-bond donors (Lipinski definition) is 2. The van der Waals surface area contributed by atoms with E-state index in [1.54, 1.807) is 6.20 Å². The third-order valence-corrected chi connectivity index (χ3v) is 4.36. The molecule has 0 bridgehead atoms. The summed E-state index contributed by atoms with van der Waals surface area (Å²) in [5, 5.41) is 6.18. The van der Waals surface area contributed by atoms with E-state index in [4.69, 9.17) is 0 Å². The van der Waals surface area contributed by atoms with E-state index in [-0.39, 0.29) is 5.91 Å². The Labute approximate surface area is 154 Å². The summed E-state index contributed by atoms with van der Waals surface area (Å²) in [5.74, 6) is 0.396. The van der Waals surface area contributed by atoms with E-state index in [1.807, 2.05) is 62.4 Å². The quantitative estimate of drug-likeness (QED) is 0.686. The highest BCUT2D eigenvalue weighted by molar-refractivity contribution is 6.03. The van der Waals surface area contributed by atoms with Crippen molar-refractivity contribution in [1.82, 2.24) is 4.98 Å². The first-order valence-electron chi connectivity index (χ1n) is 8.74. The molecule has 3 aromatic rings. The molecule has 0 aliphatic carbocycles. The summed E-state index contributed by atoms with van der Waals surface area (Å²) in [7, 11) is 0. The highest BCUT2D eigenvalue weighted by Gasteiger charge is 2.08. The summed E-state index contributed by atoms with van der Waals surface area (Å²) in [4.78, 5) is 16.6. The zero-order valence-corrected chi connectivity index (χ0v) is 15.1. The average molecular weight is 345 g/mol. The first-order chi connectivity index (χ1) is 12.6. The van der Waals surface area contributed by atoms with Crippen LogP contribution in [-0.4, -0.2) is 17.4 Å². The predicted molar refractivity (Wildman–Crippen MR) is 107 cm³/mol. The number of hydrogen-bond acceptors (Lipinski definition) is 3. The van der Waals surface area contributed by atoms with Crippen LogP contribution in [0.15, 0.2) is 66.9 Å². The molecule has 0 atom stereocenters. The summed E-state index contributed by atoms with van der Waals surface area (Å²) in [6.45, 7) is 4.86. The van der Waals surface area contributed by atoms with Gasteiger partial charge in [0, 0.05) is 12.1 Å². The van der Waals surface area contributed by atoms with Crippen molar-refractivity contribution >= 4 is 17.4 Å². The fraction of sp³-hybridized carbons (Fsp3) is 0.182. The summed E-state index contributed by atoms with van der Waals surface area (Å²) in [6, 6.07) is 19.8. The SMILES string of the molecule is Cc1ccc(C(=O)Nc2ccc(NCCc3ccccc3)cn2)cc1C. The maximum absolute atomic E-state index is 12.3. The van der Waals surface area contributed by atoms with Gasteiger partial charge in [-0.15, -0.1) is 0 Å². The van der Waals surface area contributed by atoms with Gasteiger partial charge in [-0.1, -0.05) is 36.4 Å². The van der Waals surface area contributed by atoms with E-state index < -0.39 is 0 Å². The molecule has 0 unspecified atom stereocenters. The number of amides is 1. The smallest absolute Gasteiger partial charge is 0.256 e. The fourth-order valence-corrected chi connectivity index (χ4v) is 2.64. The van der Waals surface area contributed by atoms with Crippen LogP contribution < -0.4 is 10.6 Å². The molecule has 26 heavy (non-hydrogen) atoms. The van der Waals surface area contributed by atoms with Crippen molar-refractivity contribution in [2.24, 2.45) is 0 Å². The van der Waals surface area contributed by atoms with Crippen molar-refractivity contribution in [2.45, 2.75) is 20.3 Å². The molecule has 1 aromatic heterocycles. The Kier molecular flexibility index (Phi) is 5.64. The lowest BCUT2D eigenvalue weighted by Crippen LogP contribution is -2.13. The topological polar surface area (TPSA) is 54.0 Å². The largest absolute Gasteiger partial charge is 0.383 e. The molecule has 0 saturated carbocycles. The third-order valence-electron chi connectivity index (χ3n) is 4.36. The Morgan fingerprint density at radius 2 is 1.77 bits per heavy atom. The van der Waals surface area contributed by atoms with Crippen molar-refractivity contribution in [3.05, 3.63) is 89.1 Å². The van der Waals surface area contributed by atoms with E-state index in [0.717, 1.165) is 24.2 Å². The molecule has 1 amide bonds. The van der Waals surface area contributed by atoms with Gasteiger partial charge in [0.25, 0.3) is 5.91 Å². The zero-order chi connectivity index (χ0) is 18.4. The first kappa shape index (κ1) is 17.7. The van der Waals surface area contributed by atoms with Gasteiger partial charge in [-0.05, 0) is 61.2 Å². The summed E-state index contributed by atoms with van der Waals surface area (Å²) in [6.07, 6.45) is 2.69. The minimum Gasteiger partial charge on any atom is -0.383 e. The van der Waals surface area contributed by atoms with Crippen LogP contribution in [0.1, 0.15) is 27.0 Å². The molecule has 4 nitrogen and oxygen atoms in total. The van der Waals surface area contributed by atoms with E-state index in [1.165, 1.54) is 11.1 Å². The molecule has 0 aliphatic rings. The molecule has 2 aromatic carbocycles. The number of aryl methyl sites for hydroxylation is 2. The minimum atomic E-state index is -0.148. The molecular weight excluding hydrogens is 322 g/mol. The van der Waals surface area contributed by atoms with Crippen LogP contribution in [0.3, 0.4) is 0 Å². The van der Waals surface area contributed by atoms with Crippen LogP contribution >= 0.6 is 0 Å². The molecular formula is C22H23N3O. The number of nitrogens with one attached hydrogen (secondary N) is 2. The molecule has 0 aliphatic heterocycles. The second-order valence-corrected chi connectivity index (χ2v) is 6.35. The Balaban J connectivity index is 1.53. The van der Waals surface area contributed by atoms with Crippen molar-refractivity contribution in [3.8, 4) is 0 Å². The van der Waals surface area contributed by atoms with Gasteiger partial charge in [-0.2, -0.15) is 0 Å². The normalized spacial score (nSPS) is 10.4. The highest BCUT2D eigenvalue weighted by Crippen LogP contribution is 2.14. The van der Waals surface area contributed by atoms with Crippen molar-refractivity contribution < 1.29 is 4.79 Å². The summed E-state index contributed by atoms with van der Waals surface area (Å²) in [5.41, 5.74) is 5.14. The van der Waals surface area contributed by atoms with Crippen LogP contribution in [0, 0.1) is 13.8 Å². The monoisotopic (exact) mass is 345 g/mol. The first-order valence-corrected chi connectivity index (χ1v) is 8.74. The standard InChI is InChI=1S/C22H23N3O/c1-16-8-9-19(14-17(16)2)22(26)25-21-11-10-20(15-24-21)23-13-12-18-6-4-3-5-7-18/h3-11,14-15,23H,12-13H2,1-2H3,(H,24,25,26). The van der Waals surface area contributed by atoms with Gasteiger partial charge in [-0.3, -0.25) is 4.79 Å². The highest BCUT2D eigenvalue weighted by atomic mass is 16.1. The third kappa shape index (κ3) is 4.70. The molecule has 0 saturated heterocycles. The molecule has 4 heteroatoms. The van der Waals surface area contributed by atoms with Crippen LogP contribution in [0.25, 0.3) is 0 Å². The Bertz CT molecular complexity index is 874. The van der Waals surface area contributed by atoms with Crippen LogP contribution in [0.2, 0.25) is 0 Å². The molecule has 0 radical (unpaired) electrons. The molecule has 0 fully saturated rings. The number of nitrogens with zero attached hydrogens (tertiary/aromatic N) is 1. The summed E-state index contributed by atoms with van der Waals surface area (Å²) < 4.78 is 0. The lowest BCUT2D eigenvalue weighted by molar-refractivity contribution is 0.102.